The fraction of sp³-hybridized carbons (Fsp3) is 0.625. The molecule has 2 fully saturated rings. The largest absolute Gasteiger partial charge is 0.391 e. The van der Waals surface area contributed by atoms with Crippen molar-refractivity contribution in [1.29, 1.82) is 0 Å². The van der Waals surface area contributed by atoms with Gasteiger partial charge in [-0.3, -0.25) is 10.1 Å². The molecular weight excluding hydrogens is 346 g/mol. The van der Waals surface area contributed by atoms with E-state index in [1.54, 1.807) is 0 Å². The summed E-state index contributed by atoms with van der Waals surface area (Å²) in [6, 6.07) is 3.59. The molecule has 2 atom stereocenters. The Hall–Kier alpha value is -1.71. The van der Waals surface area contributed by atoms with Crippen LogP contribution in [0.2, 0.25) is 0 Å². The minimum atomic E-state index is -3.81. The lowest BCUT2D eigenvalue weighted by Crippen LogP contribution is -2.37. The molecule has 1 heterocycles. The highest BCUT2D eigenvalue weighted by molar-refractivity contribution is 7.89. The minimum absolute atomic E-state index is 0.0821. The third kappa shape index (κ3) is 3.78. The predicted molar refractivity (Wildman–Crippen MR) is 93.0 cm³/mol. The van der Waals surface area contributed by atoms with Gasteiger partial charge >= 0.3 is 0 Å². The average molecular weight is 369 g/mol. The Kier molecular flexibility index (Phi) is 5.26. The summed E-state index contributed by atoms with van der Waals surface area (Å²) >= 11 is 0. The molecule has 1 aromatic carbocycles. The first-order valence-electron chi connectivity index (χ1n) is 8.63. The molecule has 2 unspecified atom stereocenters. The van der Waals surface area contributed by atoms with Gasteiger partial charge in [0, 0.05) is 25.2 Å². The van der Waals surface area contributed by atoms with E-state index in [2.05, 4.69) is 5.32 Å². The Balaban J connectivity index is 1.98. The molecule has 1 aliphatic heterocycles. The number of nitrogens with one attached hydrogen (secondary N) is 1. The molecule has 8 nitrogen and oxygen atoms in total. The van der Waals surface area contributed by atoms with Crippen molar-refractivity contribution < 1.29 is 18.4 Å². The number of rotatable bonds is 5. The summed E-state index contributed by atoms with van der Waals surface area (Å²) in [7, 11) is -3.81. The van der Waals surface area contributed by atoms with Crippen LogP contribution in [0.1, 0.15) is 38.5 Å². The number of hydrogen-bond donors (Lipinski definition) is 2. The molecule has 25 heavy (non-hydrogen) atoms. The van der Waals surface area contributed by atoms with Crippen molar-refractivity contribution in [3.05, 3.63) is 28.3 Å². The van der Waals surface area contributed by atoms with E-state index in [1.165, 1.54) is 16.4 Å². The zero-order valence-electron chi connectivity index (χ0n) is 13.9. The van der Waals surface area contributed by atoms with Crippen LogP contribution in [-0.2, 0) is 10.0 Å². The molecular formula is C16H23N3O5S. The van der Waals surface area contributed by atoms with E-state index in [4.69, 9.17) is 0 Å². The molecule has 1 aliphatic carbocycles. The number of anilines is 1. The summed E-state index contributed by atoms with van der Waals surface area (Å²) in [6.45, 7) is 0.854. The summed E-state index contributed by atoms with van der Waals surface area (Å²) < 4.78 is 27.3. The van der Waals surface area contributed by atoms with Crippen LogP contribution in [0.25, 0.3) is 0 Å². The first-order valence-corrected chi connectivity index (χ1v) is 10.1. The Morgan fingerprint density at radius 1 is 1.16 bits per heavy atom. The highest BCUT2D eigenvalue weighted by atomic mass is 32.2. The molecule has 1 saturated heterocycles. The maximum atomic E-state index is 13.0. The highest BCUT2D eigenvalue weighted by Crippen LogP contribution is 2.32. The van der Waals surface area contributed by atoms with Gasteiger partial charge in [0.1, 0.15) is 4.90 Å². The molecule has 0 amide bonds. The van der Waals surface area contributed by atoms with E-state index in [9.17, 15) is 23.6 Å². The van der Waals surface area contributed by atoms with Crippen molar-refractivity contribution in [2.75, 3.05) is 18.4 Å². The van der Waals surface area contributed by atoms with Crippen molar-refractivity contribution in [2.45, 2.75) is 55.6 Å². The Bertz CT molecular complexity index is 746. The van der Waals surface area contributed by atoms with Gasteiger partial charge in [0.05, 0.1) is 22.8 Å². The molecule has 0 bridgehead atoms. The number of nitrogens with zero attached hydrogens (tertiary/aromatic N) is 2. The molecule has 2 aliphatic rings. The number of aliphatic hydroxyl groups is 1. The standard InChI is InChI=1S/C16H23N3O5S/c20-15-6-2-1-5-13(15)17-14-8-7-12(19(21)22)11-16(14)25(23,24)18-9-3-4-10-18/h7-8,11,13,15,17,20H,1-6,9-10H2. The molecule has 9 heteroatoms. The second kappa shape index (κ2) is 7.27. The van der Waals surface area contributed by atoms with Gasteiger partial charge in [0.2, 0.25) is 10.0 Å². The summed E-state index contributed by atoms with van der Waals surface area (Å²) in [5.41, 5.74) is 0.0657. The molecule has 138 valence electrons. The third-order valence-electron chi connectivity index (χ3n) is 4.93. The monoisotopic (exact) mass is 369 g/mol. The smallest absolute Gasteiger partial charge is 0.270 e. The predicted octanol–water partition coefficient (Wildman–Crippen LogP) is 2.09. The fourth-order valence-electron chi connectivity index (χ4n) is 3.50. The number of benzene rings is 1. The summed E-state index contributed by atoms with van der Waals surface area (Å²) in [6.07, 6.45) is 4.33. The first kappa shape index (κ1) is 18.1. The lowest BCUT2D eigenvalue weighted by atomic mass is 9.92. The Morgan fingerprint density at radius 3 is 2.48 bits per heavy atom. The van der Waals surface area contributed by atoms with Crippen LogP contribution in [0.3, 0.4) is 0 Å². The van der Waals surface area contributed by atoms with Crippen LogP contribution in [0.4, 0.5) is 11.4 Å². The molecule has 0 spiro atoms. The van der Waals surface area contributed by atoms with Gasteiger partial charge in [-0.25, -0.2) is 8.42 Å². The average Bonchev–Trinajstić information content (AvgIpc) is 3.12. The number of nitro benzene ring substituents is 1. The number of nitro groups is 1. The lowest BCUT2D eigenvalue weighted by Gasteiger charge is -2.30. The van der Waals surface area contributed by atoms with Gasteiger partial charge in [-0.05, 0) is 31.7 Å². The molecule has 1 saturated carbocycles. The molecule has 1 aromatic rings. The second-order valence-electron chi connectivity index (χ2n) is 6.65. The van der Waals surface area contributed by atoms with Crippen molar-refractivity contribution in [3.63, 3.8) is 0 Å². The van der Waals surface area contributed by atoms with E-state index >= 15 is 0 Å². The van der Waals surface area contributed by atoms with Crippen molar-refractivity contribution in [1.82, 2.24) is 4.31 Å². The van der Waals surface area contributed by atoms with Crippen LogP contribution in [-0.4, -0.2) is 48.0 Å². The van der Waals surface area contributed by atoms with Crippen LogP contribution in [0.5, 0.6) is 0 Å². The number of non-ortho nitro benzene ring substituents is 1. The number of aliphatic hydroxyl groups excluding tert-OH is 1. The topological polar surface area (TPSA) is 113 Å². The SMILES string of the molecule is O=[N+]([O-])c1ccc(NC2CCCCC2O)c(S(=O)(=O)N2CCCC2)c1. The lowest BCUT2D eigenvalue weighted by molar-refractivity contribution is -0.385. The summed E-state index contributed by atoms with van der Waals surface area (Å²) in [5.74, 6) is 0. The molecule has 0 radical (unpaired) electrons. The minimum Gasteiger partial charge on any atom is -0.391 e. The van der Waals surface area contributed by atoms with E-state index < -0.39 is 21.1 Å². The number of sulfonamides is 1. The molecule has 2 N–H and O–H groups in total. The van der Waals surface area contributed by atoms with E-state index in [1.807, 2.05) is 0 Å². The van der Waals surface area contributed by atoms with E-state index in [-0.39, 0.29) is 16.6 Å². The Labute approximate surface area is 147 Å². The van der Waals surface area contributed by atoms with E-state index in [0.717, 1.165) is 38.2 Å². The summed E-state index contributed by atoms with van der Waals surface area (Å²) in [5, 5.41) is 24.4. The zero-order chi connectivity index (χ0) is 18.0. The third-order valence-corrected chi connectivity index (χ3v) is 6.87. The van der Waals surface area contributed by atoms with Crippen molar-refractivity contribution >= 4 is 21.4 Å². The summed E-state index contributed by atoms with van der Waals surface area (Å²) in [4.78, 5) is 10.4. The highest BCUT2D eigenvalue weighted by Gasteiger charge is 2.32. The van der Waals surface area contributed by atoms with Gasteiger partial charge in [0.25, 0.3) is 5.69 Å². The van der Waals surface area contributed by atoms with Gasteiger partial charge in [-0.2, -0.15) is 4.31 Å². The maximum absolute atomic E-state index is 13.0. The van der Waals surface area contributed by atoms with Crippen LogP contribution in [0, 0.1) is 10.1 Å². The molecule has 0 aromatic heterocycles. The van der Waals surface area contributed by atoms with Gasteiger partial charge in [0.15, 0.2) is 0 Å². The van der Waals surface area contributed by atoms with Crippen molar-refractivity contribution in [2.24, 2.45) is 0 Å². The van der Waals surface area contributed by atoms with Crippen LogP contribution >= 0.6 is 0 Å². The van der Waals surface area contributed by atoms with Gasteiger partial charge < -0.3 is 10.4 Å². The normalized spacial score (nSPS) is 25.0. The first-order chi connectivity index (χ1) is 11.9. The van der Waals surface area contributed by atoms with Gasteiger partial charge in [-0.15, -0.1) is 0 Å². The number of hydrogen-bond acceptors (Lipinski definition) is 6. The maximum Gasteiger partial charge on any atom is 0.270 e. The Morgan fingerprint density at radius 2 is 1.84 bits per heavy atom. The molecule has 3 rings (SSSR count). The zero-order valence-corrected chi connectivity index (χ0v) is 14.7. The van der Waals surface area contributed by atoms with Crippen LogP contribution < -0.4 is 5.32 Å². The fourth-order valence-corrected chi connectivity index (χ4v) is 5.20. The van der Waals surface area contributed by atoms with Crippen LogP contribution in [0.15, 0.2) is 23.1 Å². The second-order valence-corrected chi connectivity index (χ2v) is 8.56. The van der Waals surface area contributed by atoms with E-state index in [0.29, 0.717) is 25.2 Å². The quantitative estimate of drug-likeness (QED) is 0.607. The van der Waals surface area contributed by atoms with Crippen molar-refractivity contribution in [3.8, 4) is 0 Å². The van der Waals surface area contributed by atoms with Gasteiger partial charge in [-0.1, -0.05) is 12.8 Å².